The van der Waals surface area contributed by atoms with E-state index >= 15 is 0 Å². The van der Waals surface area contributed by atoms with Crippen molar-refractivity contribution in [3.63, 3.8) is 0 Å². The van der Waals surface area contributed by atoms with Gasteiger partial charge >= 0.3 is 282 Å². The summed E-state index contributed by atoms with van der Waals surface area (Å²) >= 11 is -3.41. The predicted octanol–water partition coefficient (Wildman–Crippen LogP) is 12.7. The summed E-state index contributed by atoms with van der Waals surface area (Å²) < 4.78 is 84.5. The number of benzene rings is 6. The zero-order valence-electron chi connectivity index (χ0n) is 26.1. The maximum atomic E-state index is 13.7. The molecule has 0 bridgehead atoms. The summed E-state index contributed by atoms with van der Waals surface area (Å²) in [6, 6.07) is 35.4. The van der Waals surface area contributed by atoms with Crippen LogP contribution in [0.3, 0.4) is 0 Å². The summed E-state index contributed by atoms with van der Waals surface area (Å²) in [4.78, 5) is 0. The monoisotopic (exact) mass is 794 g/mol. The van der Waals surface area contributed by atoms with Gasteiger partial charge in [-0.1, -0.05) is 0 Å². The topological polar surface area (TPSA) is 0 Å². The van der Waals surface area contributed by atoms with E-state index in [1.54, 1.807) is 0 Å². The van der Waals surface area contributed by atoms with E-state index in [-0.39, 0.29) is 28.4 Å². The molecule has 6 aromatic carbocycles. The molecular weight excluding hydrogens is 769 g/mol. The van der Waals surface area contributed by atoms with Gasteiger partial charge in [-0.25, -0.2) is 0 Å². The van der Waals surface area contributed by atoms with Crippen LogP contribution < -0.4 is 0 Å². The molecule has 1 unspecified atom stereocenters. The summed E-state index contributed by atoms with van der Waals surface area (Å²) in [6.07, 6.45) is -2.10. The van der Waals surface area contributed by atoms with Crippen molar-refractivity contribution in [3.05, 3.63) is 176 Å². The van der Waals surface area contributed by atoms with E-state index in [0.717, 1.165) is 65.7 Å². The number of alkyl halides is 6. The molecule has 252 valence electrons. The van der Waals surface area contributed by atoms with E-state index in [1.807, 2.05) is 42.5 Å². The molecule has 0 saturated heterocycles. The van der Waals surface area contributed by atoms with Gasteiger partial charge in [-0.2, -0.15) is 0 Å². The molecule has 0 heterocycles. The van der Waals surface area contributed by atoms with Gasteiger partial charge in [0.05, 0.1) is 0 Å². The fourth-order valence-corrected chi connectivity index (χ4v) is 16.6. The van der Waals surface area contributed by atoms with Crippen LogP contribution in [0.2, 0.25) is 0 Å². The minimum absolute atomic E-state index is 0. The third-order valence-electron chi connectivity index (χ3n) is 9.48. The van der Waals surface area contributed by atoms with E-state index < -0.39 is 44.7 Å². The molecule has 0 aromatic heterocycles. The van der Waals surface area contributed by atoms with Gasteiger partial charge in [0.15, 0.2) is 0 Å². The zero-order chi connectivity index (χ0) is 33.2. The SMILES string of the molecule is Cl.Cl.FC(F)(F)c1ccc([C](c2ccc(C(F)(F)F)cc2)=[Zr]([C]2=CC=CC2)[CH]2c3ccccc3-c3c2c2ccccc2c2ccccc32)cc1. The van der Waals surface area contributed by atoms with Gasteiger partial charge in [0.2, 0.25) is 0 Å². The molecule has 0 saturated carbocycles. The Morgan fingerprint density at radius 3 is 1.56 bits per heavy atom. The molecular formula is C41H28Cl2F6Zr. The summed E-state index contributed by atoms with van der Waals surface area (Å²) in [5.41, 5.74) is 4.34. The average Bonchev–Trinajstić information content (AvgIpc) is 3.74. The Hall–Kier alpha value is -3.77. The second-order valence-electron chi connectivity index (χ2n) is 12.2. The van der Waals surface area contributed by atoms with E-state index in [2.05, 4.69) is 48.6 Å². The molecule has 2 aliphatic rings. The van der Waals surface area contributed by atoms with Gasteiger partial charge < -0.3 is 0 Å². The van der Waals surface area contributed by atoms with Crippen molar-refractivity contribution >= 4 is 49.6 Å². The molecule has 0 N–H and O–H groups in total. The second kappa shape index (κ2) is 13.7. The summed E-state index contributed by atoms with van der Waals surface area (Å²) in [5, 5.41) is 4.52. The molecule has 0 spiro atoms. The molecule has 50 heavy (non-hydrogen) atoms. The first-order chi connectivity index (χ1) is 23.1. The maximum absolute atomic E-state index is 13.7. The van der Waals surface area contributed by atoms with E-state index in [0.29, 0.717) is 17.5 Å². The first kappa shape index (κ1) is 36.0. The molecule has 9 heteroatoms. The zero-order valence-corrected chi connectivity index (χ0v) is 30.2. The van der Waals surface area contributed by atoms with E-state index in [4.69, 9.17) is 0 Å². The van der Waals surface area contributed by atoms with Crippen molar-refractivity contribution in [1.29, 1.82) is 0 Å². The minimum atomic E-state index is -4.52. The number of fused-ring (bicyclic) bond motifs is 8. The summed E-state index contributed by atoms with van der Waals surface area (Å²) in [5.74, 6) is 0. The normalized spacial score (nSPS) is 14.8. The van der Waals surface area contributed by atoms with Crippen LogP contribution in [0.4, 0.5) is 26.3 Å². The molecule has 2 aliphatic carbocycles. The van der Waals surface area contributed by atoms with Crippen LogP contribution in [-0.2, 0) is 33.6 Å². The van der Waals surface area contributed by atoms with Crippen LogP contribution in [0.25, 0.3) is 32.7 Å². The van der Waals surface area contributed by atoms with Gasteiger partial charge in [0, 0.05) is 0 Å². The van der Waals surface area contributed by atoms with Crippen molar-refractivity contribution in [2.24, 2.45) is 0 Å². The third-order valence-corrected chi connectivity index (χ3v) is 17.7. The van der Waals surface area contributed by atoms with Crippen molar-refractivity contribution < 1.29 is 47.6 Å². The molecule has 0 fully saturated rings. The predicted molar refractivity (Wildman–Crippen MR) is 191 cm³/mol. The molecule has 1 atom stereocenters. The third kappa shape index (κ3) is 6.12. The molecule has 0 aliphatic heterocycles. The fraction of sp³-hybridized carbons (Fsp3) is 0.0976. The van der Waals surface area contributed by atoms with E-state index in [1.165, 1.54) is 33.1 Å². The first-order valence-electron chi connectivity index (χ1n) is 15.6. The molecule has 0 radical (unpaired) electrons. The second-order valence-corrected chi connectivity index (χ2v) is 18.4. The quantitative estimate of drug-likeness (QED) is 0.123. The van der Waals surface area contributed by atoms with Crippen molar-refractivity contribution in [2.75, 3.05) is 0 Å². The molecule has 0 amide bonds. The van der Waals surface area contributed by atoms with Crippen molar-refractivity contribution in [3.8, 4) is 11.1 Å². The van der Waals surface area contributed by atoms with Crippen LogP contribution in [0, 0.1) is 0 Å². The number of allylic oxidation sites excluding steroid dienone is 4. The van der Waals surface area contributed by atoms with Gasteiger partial charge in [-0.05, 0) is 0 Å². The number of hydrogen-bond donors (Lipinski definition) is 0. The van der Waals surface area contributed by atoms with Crippen LogP contribution in [-0.4, -0.2) is 3.21 Å². The van der Waals surface area contributed by atoms with Crippen LogP contribution in [0.1, 0.15) is 43.4 Å². The van der Waals surface area contributed by atoms with Crippen molar-refractivity contribution in [2.45, 2.75) is 22.4 Å². The molecule has 8 rings (SSSR count). The Morgan fingerprint density at radius 2 is 1.04 bits per heavy atom. The Kier molecular flexibility index (Phi) is 9.91. The van der Waals surface area contributed by atoms with Gasteiger partial charge in [0.1, 0.15) is 0 Å². The Balaban J connectivity index is 0.00000216. The molecule has 6 aromatic rings. The number of halogens is 8. The fourth-order valence-electron chi connectivity index (χ4n) is 7.46. The summed E-state index contributed by atoms with van der Waals surface area (Å²) in [7, 11) is 0. The standard InChI is InChI=1S/C21H13.C15H8F6.C5H5.2ClH.Zr/c1-2-8-15-14(7-1)13-20-18-11-4-3-9-16(18)17-10-5-6-12-19(17)21(15)20;16-14(17,18)12-5-1-10(2-6-12)9-11-3-7-13(8-4-11)15(19,20)21;1-2-4-5-3-1;;;/h1-13H;1-8H;1-3H,4H2;2*1H;. The van der Waals surface area contributed by atoms with Crippen LogP contribution in [0.5, 0.6) is 0 Å². The average molecular weight is 797 g/mol. The van der Waals surface area contributed by atoms with Crippen LogP contribution in [0.15, 0.2) is 143 Å². The van der Waals surface area contributed by atoms with Crippen molar-refractivity contribution in [1.82, 2.24) is 0 Å². The summed E-state index contributed by atoms with van der Waals surface area (Å²) in [6.45, 7) is 0. The number of hydrogen-bond acceptors (Lipinski definition) is 0. The van der Waals surface area contributed by atoms with E-state index in [9.17, 15) is 26.3 Å². The van der Waals surface area contributed by atoms with Gasteiger partial charge in [0.25, 0.3) is 0 Å². The van der Waals surface area contributed by atoms with Gasteiger partial charge in [-0.15, -0.1) is 24.8 Å². The first-order valence-corrected chi connectivity index (χ1v) is 19.5. The molecule has 0 nitrogen and oxygen atoms in total. The number of rotatable bonds is 4. The Labute approximate surface area is 305 Å². The Bertz CT molecular complexity index is 2270. The Morgan fingerprint density at radius 1 is 0.560 bits per heavy atom. The van der Waals surface area contributed by atoms with Gasteiger partial charge in [-0.3, -0.25) is 0 Å². The van der Waals surface area contributed by atoms with Crippen LogP contribution >= 0.6 is 24.8 Å².